The van der Waals surface area contributed by atoms with Crippen LogP contribution in [0.25, 0.3) is 0 Å². The summed E-state index contributed by atoms with van der Waals surface area (Å²) in [6, 6.07) is 0. The van der Waals surface area contributed by atoms with Gasteiger partial charge in [0, 0.05) is 18.7 Å². The summed E-state index contributed by atoms with van der Waals surface area (Å²) in [6.07, 6.45) is 4.41. The molecule has 1 heterocycles. The molecule has 80 valence electrons. The second-order valence-electron chi connectivity index (χ2n) is 4.88. The minimum absolute atomic E-state index is 0.143. The molecule has 0 spiro atoms. The Hall–Kier alpha value is -0.860. The van der Waals surface area contributed by atoms with Crippen molar-refractivity contribution in [1.82, 2.24) is 15.0 Å². The SMILES string of the molecule is CCC(C)CC(C)(C)c1cn(C)nn1. The summed E-state index contributed by atoms with van der Waals surface area (Å²) < 4.78 is 1.77. The fourth-order valence-electron chi connectivity index (χ4n) is 1.78. The average Bonchev–Trinajstić information content (AvgIpc) is 2.51. The minimum atomic E-state index is 0.143. The lowest BCUT2D eigenvalue weighted by Crippen LogP contribution is -2.21. The van der Waals surface area contributed by atoms with Gasteiger partial charge >= 0.3 is 0 Å². The summed E-state index contributed by atoms with van der Waals surface area (Å²) in [6.45, 7) is 9.00. The molecular weight excluding hydrogens is 174 g/mol. The summed E-state index contributed by atoms with van der Waals surface area (Å²) in [4.78, 5) is 0. The fourth-order valence-corrected chi connectivity index (χ4v) is 1.78. The van der Waals surface area contributed by atoms with Gasteiger partial charge in [-0.1, -0.05) is 39.3 Å². The monoisotopic (exact) mass is 195 g/mol. The summed E-state index contributed by atoms with van der Waals surface area (Å²) >= 11 is 0. The van der Waals surface area contributed by atoms with Gasteiger partial charge in [0.15, 0.2) is 0 Å². The highest BCUT2D eigenvalue weighted by molar-refractivity contribution is 5.08. The van der Waals surface area contributed by atoms with E-state index in [0.717, 1.165) is 11.6 Å². The molecule has 1 rings (SSSR count). The van der Waals surface area contributed by atoms with E-state index in [1.807, 2.05) is 13.2 Å². The quantitative estimate of drug-likeness (QED) is 0.739. The van der Waals surface area contributed by atoms with Crippen molar-refractivity contribution < 1.29 is 0 Å². The van der Waals surface area contributed by atoms with Gasteiger partial charge in [0.1, 0.15) is 0 Å². The molecule has 0 amide bonds. The highest BCUT2D eigenvalue weighted by Gasteiger charge is 2.25. The summed E-state index contributed by atoms with van der Waals surface area (Å²) in [5.74, 6) is 0.743. The topological polar surface area (TPSA) is 30.7 Å². The smallest absolute Gasteiger partial charge is 0.0883 e. The molecule has 3 nitrogen and oxygen atoms in total. The van der Waals surface area contributed by atoms with Gasteiger partial charge in [0.25, 0.3) is 0 Å². The van der Waals surface area contributed by atoms with Gasteiger partial charge in [-0.05, 0) is 12.3 Å². The van der Waals surface area contributed by atoms with Crippen LogP contribution in [-0.4, -0.2) is 15.0 Å². The zero-order chi connectivity index (χ0) is 10.8. The van der Waals surface area contributed by atoms with Crippen molar-refractivity contribution in [3.8, 4) is 0 Å². The number of hydrogen-bond acceptors (Lipinski definition) is 2. The summed E-state index contributed by atoms with van der Waals surface area (Å²) in [5.41, 5.74) is 1.24. The van der Waals surface area contributed by atoms with Gasteiger partial charge in [-0.15, -0.1) is 5.10 Å². The Morgan fingerprint density at radius 3 is 2.57 bits per heavy atom. The maximum absolute atomic E-state index is 4.19. The van der Waals surface area contributed by atoms with Gasteiger partial charge in [-0.3, -0.25) is 4.68 Å². The molecule has 1 aromatic rings. The molecule has 3 heteroatoms. The Bertz CT molecular complexity index is 288. The highest BCUT2D eigenvalue weighted by atomic mass is 15.4. The molecular formula is C11H21N3. The summed E-state index contributed by atoms with van der Waals surface area (Å²) in [7, 11) is 1.91. The number of aryl methyl sites for hydroxylation is 1. The van der Waals surface area contributed by atoms with Crippen LogP contribution < -0.4 is 0 Å². The van der Waals surface area contributed by atoms with E-state index in [1.54, 1.807) is 4.68 Å². The van der Waals surface area contributed by atoms with E-state index in [0.29, 0.717) is 0 Å². The van der Waals surface area contributed by atoms with Gasteiger partial charge in [-0.2, -0.15) is 0 Å². The molecule has 0 saturated heterocycles. The molecule has 0 saturated carbocycles. The molecule has 1 aromatic heterocycles. The average molecular weight is 195 g/mol. The van der Waals surface area contributed by atoms with Crippen molar-refractivity contribution in [3.05, 3.63) is 11.9 Å². The molecule has 0 bridgehead atoms. The highest BCUT2D eigenvalue weighted by Crippen LogP contribution is 2.29. The molecule has 14 heavy (non-hydrogen) atoms. The number of nitrogens with zero attached hydrogens (tertiary/aromatic N) is 3. The lowest BCUT2D eigenvalue weighted by Gasteiger charge is -2.25. The molecule has 0 aliphatic heterocycles. The lowest BCUT2D eigenvalue weighted by molar-refractivity contribution is 0.364. The Balaban J connectivity index is 2.74. The fraction of sp³-hybridized carbons (Fsp3) is 0.818. The van der Waals surface area contributed by atoms with Gasteiger partial charge in [-0.25, -0.2) is 0 Å². The molecule has 0 radical (unpaired) electrons. The van der Waals surface area contributed by atoms with E-state index in [1.165, 1.54) is 12.8 Å². The molecule has 0 aliphatic rings. The zero-order valence-electron chi connectivity index (χ0n) is 9.91. The maximum atomic E-state index is 4.19. The van der Waals surface area contributed by atoms with E-state index in [-0.39, 0.29) is 5.41 Å². The Kier molecular flexibility index (Phi) is 3.29. The van der Waals surface area contributed by atoms with Crippen LogP contribution in [-0.2, 0) is 12.5 Å². The zero-order valence-corrected chi connectivity index (χ0v) is 9.91. The predicted octanol–water partition coefficient (Wildman–Crippen LogP) is 2.53. The molecule has 0 N–H and O–H groups in total. The molecule has 1 unspecified atom stereocenters. The van der Waals surface area contributed by atoms with Gasteiger partial charge in [0.2, 0.25) is 0 Å². The third-order valence-corrected chi connectivity index (χ3v) is 2.85. The van der Waals surface area contributed by atoms with Gasteiger partial charge < -0.3 is 0 Å². The van der Waals surface area contributed by atoms with Crippen LogP contribution in [0.4, 0.5) is 0 Å². The van der Waals surface area contributed by atoms with Crippen LogP contribution in [0.1, 0.15) is 46.2 Å². The molecule has 0 aromatic carbocycles. The van der Waals surface area contributed by atoms with E-state index < -0.39 is 0 Å². The third kappa shape index (κ3) is 2.56. The van der Waals surface area contributed by atoms with E-state index in [4.69, 9.17) is 0 Å². The van der Waals surface area contributed by atoms with Crippen molar-refractivity contribution >= 4 is 0 Å². The van der Waals surface area contributed by atoms with Crippen molar-refractivity contribution in [2.75, 3.05) is 0 Å². The van der Waals surface area contributed by atoms with Crippen LogP contribution >= 0.6 is 0 Å². The van der Waals surface area contributed by atoms with E-state index >= 15 is 0 Å². The van der Waals surface area contributed by atoms with Crippen molar-refractivity contribution in [1.29, 1.82) is 0 Å². The van der Waals surface area contributed by atoms with E-state index in [9.17, 15) is 0 Å². The lowest BCUT2D eigenvalue weighted by atomic mass is 9.80. The van der Waals surface area contributed by atoms with Crippen molar-refractivity contribution in [3.63, 3.8) is 0 Å². The first-order chi connectivity index (χ1) is 6.45. The third-order valence-electron chi connectivity index (χ3n) is 2.85. The van der Waals surface area contributed by atoms with Crippen LogP contribution in [0.15, 0.2) is 6.20 Å². The Morgan fingerprint density at radius 1 is 1.50 bits per heavy atom. The Morgan fingerprint density at radius 2 is 2.14 bits per heavy atom. The largest absolute Gasteiger partial charge is 0.255 e. The van der Waals surface area contributed by atoms with Crippen molar-refractivity contribution in [2.45, 2.75) is 46.0 Å². The standard InChI is InChI=1S/C11H21N3/c1-6-9(2)7-11(3,4)10-8-14(5)13-12-10/h8-9H,6-7H2,1-5H3. The predicted molar refractivity (Wildman–Crippen MR) is 58.1 cm³/mol. The van der Waals surface area contributed by atoms with E-state index in [2.05, 4.69) is 38.0 Å². The van der Waals surface area contributed by atoms with Crippen LogP contribution in [0.2, 0.25) is 0 Å². The molecule has 0 fully saturated rings. The number of rotatable bonds is 4. The normalized spacial score (nSPS) is 14.4. The number of hydrogen-bond donors (Lipinski definition) is 0. The minimum Gasteiger partial charge on any atom is -0.255 e. The van der Waals surface area contributed by atoms with Gasteiger partial charge in [0.05, 0.1) is 5.69 Å². The second-order valence-corrected chi connectivity index (χ2v) is 4.88. The number of aromatic nitrogens is 3. The first-order valence-corrected chi connectivity index (χ1v) is 5.32. The first kappa shape index (κ1) is 11.2. The maximum Gasteiger partial charge on any atom is 0.0883 e. The Labute approximate surface area is 86.5 Å². The van der Waals surface area contributed by atoms with Crippen LogP contribution in [0.5, 0.6) is 0 Å². The van der Waals surface area contributed by atoms with Crippen LogP contribution in [0.3, 0.4) is 0 Å². The van der Waals surface area contributed by atoms with Crippen molar-refractivity contribution in [2.24, 2.45) is 13.0 Å². The molecule has 1 atom stereocenters. The van der Waals surface area contributed by atoms with Crippen LogP contribution in [0, 0.1) is 5.92 Å². The second kappa shape index (κ2) is 4.11. The molecule has 0 aliphatic carbocycles. The summed E-state index contributed by atoms with van der Waals surface area (Å²) in [5, 5.41) is 8.17. The first-order valence-electron chi connectivity index (χ1n) is 5.32.